The van der Waals surface area contributed by atoms with Gasteiger partial charge in [-0.1, -0.05) is 5.21 Å². The standard InChI is InChI=1S/C11H15N5O/c1-3-17-11-5-4-9(6-13-11)12-7-10-8-14-15-16(10)2/h4-6,8,12H,3,7H2,1-2H3. The van der Waals surface area contributed by atoms with Crippen LogP contribution in [0.3, 0.4) is 0 Å². The van der Waals surface area contributed by atoms with Gasteiger partial charge in [0.25, 0.3) is 0 Å². The third kappa shape index (κ3) is 2.93. The van der Waals surface area contributed by atoms with Crippen molar-refractivity contribution in [1.82, 2.24) is 20.0 Å². The molecule has 17 heavy (non-hydrogen) atoms. The van der Waals surface area contributed by atoms with Gasteiger partial charge in [0.05, 0.1) is 36.9 Å². The topological polar surface area (TPSA) is 64.9 Å². The summed E-state index contributed by atoms with van der Waals surface area (Å²) in [5, 5.41) is 10.9. The lowest BCUT2D eigenvalue weighted by atomic mass is 10.4. The van der Waals surface area contributed by atoms with Crippen LogP contribution in [-0.4, -0.2) is 26.6 Å². The number of pyridine rings is 1. The summed E-state index contributed by atoms with van der Waals surface area (Å²) in [6, 6.07) is 3.77. The molecule has 0 spiro atoms. The molecule has 2 heterocycles. The van der Waals surface area contributed by atoms with Crippen LogP contribution in [0.4, 0.5) is 5.69 Å². The van der Waals surface area contributed by atoms with E-state index in [4.69, 9.17) is 4.74 Å². The Hall–Kier alpha value is -2.11. The van der Waals surface area contributed by atoms with E-state index in [9.17, 15) is 0 Å². The van der Waals surface area contributed by atoms with E-state index in [1.54, 1.807) is 17.1 Å². The maximum Gasteiger partial charge on any atom is 0.213 e. The number of aromatic nitrogens is 4. The molecule has 0 fully saturated rings. The third-order valence-corrected chi connectivity index (χ3v) is 2.31. The van der Waals surface area contributed by atoms with Crippen molar-refractivity contribution in [3.05, 3.63) is 30.2 Å². The number of anilines is 1. The van der Waals surface area contributed by atoms with Crippen LogP contribution >= 0.6 is 0 Å². The van der Waals surface area contributed by atoms with Gasteiger partial charge in [-0.3, -0.25) is 4.68 Å². The summed E-state index contributed by atoms with van der Waals surface area (Å²) in [6.07, 6.45) is 3.48. The summed E-state index contributed by atoms with van der Waals surface area (Å²) in [4.78, 5) is 4.17. The lowest BCUT2D eigenvalue weighted by Crippen LogP contribution is -2.05. The molecule has 0 aromatic carbocycles. The molecule has 0 atom stereocenters. The lowest BCUT2D eigenvalue weighted by Gasteiger charge is -2.06. The summed E-state index contributed by atoms with van der Waals surface area (Å²) in [7, 11) is 1.86. The molecule has 2 aromatic rings. The number of nitrogens with one attached hydrogen (secondary N) is 1. The van der Waals surface area contributed by atoms with Crippen LogP contribution in [-0.2, 0) is 13.6 Å². The minimum absolute atomic E-state index is 0.625. The zero-order valence-electron chi connectivity index (χ0n) is 9.92. The smallest absolute Gasteiger partial charge is 0.213 e. The van der Waals surface area contributed by atoms with E-state index in [0.29, 0.717) is 19.0 Å². The maximum atomic E-state index is 5.27. The Bertz CT molecular complexity index is 465. The summed E-state index contributed by atoms with van der Waals surface area (Å²) in [6.45, 7) is 3.23. The molecule has 0 unspecified atom stereocenters. The first-order valence-electron chi connectivity index (χ1n) is 5.46. The first kappa shape index (κ1) is 11.4. The second-order valence-electron chi connectivity index (χ2n) is 3.52. The quantitative estimate of drug-likeness (QED) is 0.841. The highest BCUT2D eigenvalue weighted by Crippen LogP contribution is 2.12. The first-order chi connectivity index (χ1) is 8.29. The van der Waals surface area contributed by atoms with Crippen molar-refractivity contribution in [3.8, 4) is 5.88 Å². The highest BCUT2D eigenvalue weighted by atomic mass is 16.5. The molecule has 0 aliphatic carbocycles. The predicted molar refractivity (Wildman–Crippen MR) is 63.7 cm³/mol. The molecule has 0 amide bonds. The van der Waals surface area contributed by atoms with Gasteiger partial charge in [-0.2, -0.15) is 0 Å². The van der Waals surface area contributed by atoms with Crippen molar-refractivity contribution in [1.29, 1.82) is 0 Å². The normalized spacial score (nSPS) is 10.2. The van der Waals surface area contributed by atoms with Crippen molar-refractivity contribution in [2.24, 2.45) is 7.05 Å². The van der Waals surface area contributed by atoms with Gasteiger partial charge in [0.2, 0.25) is 5.88 Å². The van der Waals surface area contributed by atoms with Gasteiger partial charge in [0.15, 0.2) is 0 Å². The zero-order valence-corrected chi connectivity index (χ0v) is 9.92. The largest absolute Gasteiger partial charge is 0.478 e. The number of ether oxygens (including phenoxy) is 1. The van der Waals surface area contributed by atoms with Crippen molar-refractivity contribution in [2.45, 2.75) is 13.5 Å². The number of aryl methyl sites for hydroxylation is 1. The number of hydrogen-bond donors (Lipinski definition) is 1. The minimum Gasteiger partial charge on any atom is -0.478 e. The van der Waals surface area contributed by atoms with Crippen LogP contribution in [0.5, 0.6) is 5.88 Å². The fourth-order valence-electron chi connectivity index (χ4n) is 1.38. The van der Waals surface area contributed by atoms with Crippen LogP contribution < -0.4 is 10.1 Å². The second kappa shape index (κ2) is 5.29. The van der Waals surface area contributed by atoms with E-state index in [0.717, 1.165) is 11.4 Å². The Balaban J connectivity index is 1.93. The highest BCUT2D eigenvalue weighted by Gasteiger charge is 2.00. The van der Waals surface area contributed by atoms with Crippen LogP contribution in [0.15, 0.2) is 24.5 Å². The summed E-state index contributed by atoms with van der Waals surface area (Å²) in [5.74, 6) is 0.639. The maximum absolute atomic E-state index is 5.27. The van der Waals surface area contributed by atoms with Crippen LogP contribution in [0.2, 0.25) is 0 Å². The number of hydrogen-bond acceptors (Lipinski definition) is 5. The van der Waals surface area contributed by atoms with Crippen LogP contribution in [0, 0.1) is 0 Å². The van der Waals surface area contributed by atoms with Crippen molar-refractivity contribution >= 4 is 5.69 Å². The molecular formula is C11H15N5O. The fourth-order valence-corrected chi connectivity index (χ4v) is 1.38. The number of nitrogens with zero attached hydrogens (tertiary/aromatic N) is 4. The molecule has 0 radical (unpaired) electrons. The Kier molecular flexibility index (Phi) is 3.54. The highest BCUT2D eigenvalue weighted by molar-refractivity contribution is 5.42. The summed E-state index contributed by atoms with van der Waals surface area (Å²) in [5.41, 5.74) is 1.95. The molecule has 0 saturated carbocycles. The lowest BCUT2D eigenvalue weighted by molar-refractivity contribution is 0.327. The third-order valence-electron chi connectivity index (χ3n) is 2.31. The van der Waals surface area contributed by atoms with E-state index in [2.05, 4.69) is 20.6 Å². The molecule has 1 N–H and O–H groups in total. The monoisotopic (exact) mass is 233 g/mol. The van der Waals surface area contributed by atoms with Gasteiger partial charge in [0, 0.05) is 13.1 Å². The van der Waals surface area contributed by atoms with Gasteiger partial charge in [-0.25, -0.2) is 4.98 Å². The van der Waals surface area contributed by atoms with Crippen molar-refractivity contribution in [2.75, 3.05) is 11.9 Å². The Morgan fingerprint density at radius 1 is 1.35 bits per heavy atom. The van der Waals surface area contributed by atoms with Gasteiger partial charge in [-0.15, -0.1) is 5.10 Å². The molecule has 0 bridgehead atoms. The summed E-state index contributed by atoms with van der Waals surface area (Å²) >= 11 is 0. The van der Waals surface area contributed by atoms with Gasteiger partial charge < -0.3 is 10.1 Å². The molecular weight excluding hydrogens is 218 g/mol. The van der Waals surface area contributed by atoms with E-state index >= 15 is 0 Å². The van der Waals surface area contributed by atoms with E-state index in [1.165, 1.54) is 0 Å². The van der Waals surface area contributed by atoms with Crippen LogP contribution in [0.25, 0.3) is 0 Å². The SMILES string of the molecule is CCOc1ccc(NCc2cnnn2C)cn1. The average molecular weight is 233 g/mol. The van der Waals surface area contributed by atoms with Crippen molar-refractivity contribution < 1.29 is 4.74 Å². The first-order valence-corrected chi connectivity index (χ1v) is 5.46. The molecule has 0 saturated heterocycles. The molecule has 6 nitrogen and oxygen atoms in total. The summed E-state index contributed by atoms with van der Waals surface area (Å²) < 4.78 is 7.00. The molecule has 0 aliphatic heterocycles. The second-order valence-corrected chi connectivity index (χ2v) is 3.52. The molecule has 0 aliphatic rings. The van der Waals surface area contributed by atoms with Crippen molar-refractivity contribution in [3.63, 3.8) is 0 Å². The minimum atomic E-state index is 0.625. The van der Waals surface area contributed by atoms with E-state index in [-0.39, 0.29) is 0 Å². The van der Waals surface area contributed by atoms with Crippen LogP contribution in [0.1, 0.15) is 12.6 Å². The average Bonchev–Trinajstić information content (AvgIpc) is 2.75. The van der Waals surface area contributed by atoms with Gasteiger partial charge in [0.1, 0.15) is 0 Å². The number of rotatable bonds is 5. The van der Waals surface area contributed by atoms with Gasteiger partial charge >= 0.3 is 0 Å². The molecule has 90 valence electrons. The Labute approximate surface area is 99.6 Å². The Morgan fingerprint density at radius 3 is 2.82 bits per heavy atom. The zero-order chi connectivity index (χ0) is 12.1. The predicted octanol–water partition coefficient (Wildman–Crippen LogP) is 1.22. The van der Waals surface area contributed by atoms with Gasteiger partial charge in [-0.05, 0) is 13.0 Å². The van der Waals surface area contributed by atoms with E-state index in [1.807, 2.05) is 26.1 Å². The molecule has 6 heteroatoms. The fraction of sp³-hybridized carbons (Fsp3) is 0.364. The van der Waals surface area contributed by atoms with E-state index < -0.39 is 0 Å². The molecule has 2 rings (SSSR count). The molecule has 2 aromatic heterocycles. The Morgan fingerprint density at radius 2 is 2.24 bits per heavy atom.